The molecule has 2 heterocycles. The fraction of sp³-hybridized carbons (Fsp3) is 0. The maximum Gasteiger partial charge on any atom is 0.126 e. The molecule has 84 valence electrons. The maximum absolute atomic E-state index is 13.2. The number of nitrogens with zero attached hydrogens (tertiary/aromatic N) is 2. The number of halogens is 2. The van der Waals surface area contributed by atoms with Gasteiger partial charge in [-0.25, -0.2) is 8.78 Å². The molecule has 0 bridgehead atoms. The van der Waals surface area contributed by atoms with Crippen LogP contribution < -0.4 is 0 Å². The van der Waals surface area contributed by atoms with Crippen LogP contribution in [0.3, 0.4) is 0 Å². The van der Waals surface area contributed by atoms with Crippen molar-refractivity contribution < 1.29 is 8.78 Å². The summed E-state index contributed by atoms with van der Waals surface area (Å²) in [7, 11) is 0. The van der Waals surface area contributed by atoms with Crippen molar-refractivity contribution in [1.29, 1.82) is 0 Å². The summed E-state index contributed by atoms with van der Waals surface area (Å²) in [5, 5.41) is 0. The van der Waals surface area contributed by atoms with E-state index in [1.807, 2.05) is 22.7 Å². The van der Waals surface area contributed by atoms with Crippen LogP contribution in [0.2, 0.25) is 0 Å². The van der Waals surface area contributed by atoms with Crippen LogP contribution in [0.15, 0.2) is 48.9 Å². The average molecular weight is 230 g/mol. The highest BCUT2D eigenvalue weighted by atomic mass is 19.1. The van der Waals surface area contributed by atoms with Crippen LogP contribution in [-0.2, 0) is 0 Å². The molecule has 0 saturated heterocycles. The van der Waals surface area contributed by atoms with Crippen LogP contribution in [0, 0.1) is 11.6 Å². The zero-order valence-electron chi connectivity index (χ0n) is 8.77. The Balaban J connectivity index is 2.30. The third-order valence-corrected chi connectivity index (χ3v) is 2.59. The monoisotopic (exact) mass is 230 g/mol. The first-order valence-electron chi connectivity index (χ1n) is 5.12. The van der Waals surface area contributed by atoms with Crippen LogP contribution in [0.4, 0.5) is 8.78 Å². The number of rotatable bonds is 1. The first-order valence-corrected chi connectivity index (χ1v) is 5.12. The Bertz CT molecular complexity index is 668. The molecule has 0 saturated carbocycles. The van der Waals surface area contributed by atoms with Gasteiger partial charge in [-0.15, -0.1) is 0 Å². The summed E-state index contributed by atoms with van der Waals surface area (Å²) in [6, 6.07) is 7.11. The van der Waals surface area contributed by atoms with E-state index in [9.17, 15) is 8.78 Å². The van der Waals surface area contributed by atoms with E-state index in [1.165, 1.54) is 12.1 Å². The highest BCUT2D eigenvalue weighted by Gasteiger charge is 2.08. The van der Waals surface area contributed by atoms with Crippen LogP contribution >= 0.6 is 0 Å². The fourth-order valence-electron chi connectivity index (χ4n) is 1.88. The van der Waals surface area contributed by atoms with E-state index in [1.54, 1.807) is 12.4 Å². The molecule has 4 heteroatoms. The third-order valence-electron chi connectivity index (χ3n) is 2.59. The second-order valence-corrected chi connectivity index (χ2v) is 3.73. The first kappa shape index (κ1) is 9.96. The lowest BCUT2D eigenvalue weighted by molar-refractivity contribution is 0.584. The number of benzene rings is 1. The smallest absolute Gasteiger partial charge is 0.126 e. The van der Waals surface area contributed by atoms with Gasteiger partial charge in [-0.3, -0.25) is 4.98 Å². The van der Waals surface area contributed by atoms with Gasteiger partial charge in [0.05, 0.1) is 11.2 Å². The molecule has 0 aliphatic carbocycles. The van der Waals surface area contributed by atoms with Gasteiger partial charge in [-0.1, -0.05) is 0 Å². The number of hydrogen-bond donors (Lipinski definition) is 0. The molecule has 0 fully saturated rings. The first-order chi connectivity index (χ1) is 8.24. The molecule has 3 rings (SSSR count). The minimum atomic E-state index is -0.602. The van der Waals surface area contributed by atoms with Gasteiger partial charge in [-0.2, -0.15) is 0 Å². The maximum atomic E-state index is 13.2. The van der Waals surface area contributed by atoms with Crippen molar-refractivity contribution in [3.05, 3.63) is 60.6 Å². The molecule has 0 radical (unpaired) electrons. The molecule has 1 aromatic carbocycles. The summed E-state index contributed by atoms with van der Waals surface area (Å²) in [5.74, 6) is -1.20. The average Bonchev–Trinajstić information content (AvgIpc) is 2.75. The lowest BCUT2D eigenvalue weighted by atomic mass is 10.1. The molecular weight excluding hydrogens is 222 g/mol. The molecule has 0 aliphatic heterocycles. The summed E-state index contributed by atoms with van der Waals surface area (Å²) < 4.78 is 28.2. The minimum Gasteiger partial charge on any atom is -0.320 e. The zero-order valence-corrected chi connectivity index (χ0v) is 8.77. The van der Waals surface area contributed by atoms with E-state index >= 15 is 0 Å². The number of fused-ring (bicyclic) bond motifs is 1. The van der Waals surface area contributed by atoms with Crippen molar-refractivity contribution in [2.24, 2.45) is 0 Å². The summed E-state index contributed by atoms with van der Waals surface area (Å²) in [4.78, 5) is 4.18. The predicted molar refractivity (Wildman–Crippen MR) is 60.5 cm³/mol. The molecular formula is C13H8F2N2. The largest absolute Gasteiger partial charge is 0.320 e. The van der Waals surface area contributed by atoms with E-state index in [2.05, 4.69) is 4.98 Å². The molecule has 2 aromatic heterocycles. The van der Waals surface area contributed by atoms with Crippen LogP contribution in [0.25, 0.3) is 16.8 Å². The lowest BCUT2D eigenvalue weighted by Crippen LogP contribution is -1.91. The molecule has 0 spiro atoms. The van der Waals surface area contributed by atoms with Gasteiger partial charge in [0.2, 0.25) is 0 Å². The van der Waals surface area contributed by atoms with Crippen LogP contribution in [0.1, 0.15) is 0 Å². The molecule has 0 unspecified atom stereocenters. The highest BCUT2D eigenvalue weighted by molar-refractivity contribution is 5.76. The SMILES string of the molecule is Fc1cc(F)cc(-c2nccn3cccc23)c1. The Morgan fingerprint density at radius 3 is 2.53 bits per heavy atom. The summed E-state index contributed by atoms with van der Waals surface area (Å²) in [6.45, 7) is 0. The van der Waals surface area contributed by atoms with Crippen molar-refractivity contribution in [2.75, 3.05) is 0 Å². The van der Waals surface area contributed by atoms with E-state index < -0.39 is 11.6 Å². The Kier molecular flexibility index (Phi) is 2.14. The van der Waals surface area contributed by atoms with Gasteiger partial charge in [0.25, 0.3) is 0 Å². The van der Waals surface area contributed by atoms with Gasteiger partial charge in [-0.05, 0) is 24.3 Å². The topological polar surface area (TPSA) is 17.3 Å². The highest BCUT2D eigenvalue weighted by Crippen LogP contribution is 2.24. The van der Waals surface area contributed by atoms with Crippen molar-refractivity contribution >= 4 is 5.52 Å². The van der Waals surface area contributed by atoms with Crippen molar-refractivity contribution in [3.63, 3.8) is 0 Å². The van der Waals surface area contributed by atoms with Gasteiger partial charge >= 0.3 is 0 Å². The molecule has 0 amide bonds. The third kappa shape index (κ3) is 1.67. The second-order valence-electron chi connectivity index (χ2n) is 3.73. The lowest BCUT2D eigenvalue weighted by Gasteiger charge is -2.04. The molecule has 2 nitrogen and oxygen atoms in total. The molecule has 3 aromatic rings. The van der Waals surface area contributed by atoms with Gasteiger partial charge in [0, 0.05) is 30.2 Å². The molecule has 0 atom stereocenters. The fourth-order valence-corrected chi connectivity index (χ4v) is 1.88. The number of hydrogen-bond acceptors (Lipinski definition) is 1. The normalized spacial score (nSPS) is 10.9. The Hall–Kier alpha value is -2.23. The predicted octanol–water partition coefficient (Wildman–Crippen LogP) is 3.28. The summed E-state index contributed by atoms with van der Waals surface area (Å²) >= 11 is 0. The minimum absolute atomic E-state index is 0.437. The van der Waals surface area contributed by atoms with Gasteiger partial charge in [0.15, 0.2) is 0 Å². The molecule has 0 N–H and O–H groups in total. The summed E-state index contributed by atoms with van der Waals surface area (Å²) in [5.41, 5.74) is 1.82. The number of aromatic nitrogens is 2. The molecule has 0 aliphatic rings. The molecule has 17 heavy (non-hydrogen) atoms. The van der Waals surface area contributed by atoms with E-state index in [4.69, 9.17) is 0 Å². The Morgan fingerprint density at radius 1 is 1.00 bits per heavy atom. The van der Waals surface area contributed by atoms with E-state index in [0.29, 0.717) is 11.3 Å². The standard InChI is InChI=1S/C13H8F2N2/c14-10-6-9(7-11(15)8-10)13-12-2-1-4-17(12)5-3-16-13/h1-8H. The van der Waals surface area contributed by atoms with Gasteiger partial charge in [0.1, 0.15) is 11.6 Å². The van der Waals surface area contributed by atoms with E-state index in [0.717, 1.165) is 11.6 Å². The van der Waals surface area contributed by atoms with Gasteiger partial charge < -0.3 is 4.40 Å². The quantitative estimate of drug-likeness (QED) is 0.627. The van der Waals surface area contributed by atoms with Crippen molar-refractivity contribution in [2.45, 2.75) is 0 Å². The van der Waals surface area contributed by atoms with Crippen molar-refractivity contribution in [1.82, 2.24) is 9.38 Å². The van der Waals surface area contributed by atoms with E-state index in [-0.39, 0.29) is 0 Å². The second kappa shape index (κ2) is 3.66. The van der Waals surface area contributed by atoms with Crippen molar-refractivity contribution in [3.8, 4) is 11.3 Å². The van der Waals surface area contributed by atoms with Crippen LogP contribution in [-0.4, -0.2) is 9.38 Å². The summed E-state index contributed by atoms with van der Waals surface area (Å²) in [6.07, 6.45) is 5.25. The Labute approximate surface area is 96.2 Å². The Morgan fingerprint density at radius 2 is 1.76 bits per heavy atom. The zero-order chi connectivity index (χ0) is 11.8. The van der Waals surface area contributed by atoms with Crippen LogP contribution in [0.5, 0.6) is 0 Å².